The third kappa shape index (κ3) is 4.87. The summed E-state index contributed by atoms with van der Waals surface area (Å²) in [7, 11) is 0. The van der Waals surface area contributed by atoms with Gasteiger partial charge in [0.15, 0.2) is 0 Å². The summed E-state index contributed by atoms with van der Waals surface area (Å²) in [4.78, 5) is 23.0. The highest BCUT2D eigenvalue weighted by molar-refractivity contribution is 9.10. The number of nitrogens with one attached hydrogen (secondary N) is 2. The topological polar surface area (TPSA) is 58.2 Å². The SMILES string of the molecule is Cc1ccc(NC(=O)CC(=O)NC(C)C)cc1Br. The van der Waals surface area contributed by atoms with Crippen LogP contribution in [0.5, 0.6) is 0 Å². The van der Waals surface area contributed by atoms with Crippen molar-refractivity contribution in [2.75, 3.05) is 5.32 Å². The fourth-order valence-corrected chi connectivity index (χ4v) is 1.77. The Morgan fingerprint density at radius 2 is 1.94 bits per heavy atom. The van der Waals surface area contributed by atoms with Crippen molar-refractivity contribution in [1.82, 2.24) is 5.32 Å². The first-order valence-electron chi connectivity index (χ1n) is 5.74. The molecule has 0 aliphatic heterocycles. The number of benzene rings is 1. The van der Waals surface area contributed by atoms with Crippen LogP contribution in [0.25, 0.3) is 0 Å². The average Bonchev–Trinajstić information content (AvgIpc) is 2.21. The van der Waals surface area contributed by atoms with Crippen molar-refractivity contribution in [3.8, 4) is 0 Å². The molecule has 0 unspecified atom stereocenters. The van der Waals surface area contributed by atoms with Crippen LogP contribution in [0.1, 0.15) is 25.8 Å². The Hall–Kier alpha value is -1.36. The highest BCUT2D eigenvalue weighted by atomic mass is 79.9. The van der Waals surface area contributed by atoms with Gasteiger partial charge in [0.25, 0.3) is 0 Å². The molecule has 0 atom stereocenters. The predicted molar refractivity (Wildman–Crippen MR) is 75.4 cm³/mol. The number of carbonyl (C=O) groups is 2. The standard InChI is InChI=1S/C13H17BrN2O2/c1-8(2)15-12(17)7-13(18)16-10-5-4-9(3)11(14)6-10/h4-6,8H,7H2,1-3H3,(H,15,17)(H,16,18). The van der Waals surface area contributed by atoms with Gasteiger partial charge in [0.1, 0.15) is 6.42 Å². The zero-order valence-corrected chi connectivity index (χ0v) is 12.3. The van der Waals surface area contributed by atoms with Crippen LogP contribution in [-0.2, 0) is 9.59 Å². The molecule has 0 aliphatic carbocycles. The van der Waals surface area contributed by atoms with Gasteiger partial charge in [0.2, 0.25) is 11.8 Å². The van der Waals surface area contributed by atoms with Gasteiger partial charge in [0, 0.05) is 16.2 Å². The predicted octanol–water partition coefficient (Wildman–Crippen LogP) is 2.61. The number of halogens is 1. The van der Waals surface area contributed by atoms with Crippen molar-refractivity contribution >= 4 is 33.4 Å². The number of carbonyl (C=O) groups excluding carboxylic acids is 2. The van der Waals surface area contributed by atoms with Gasteiger partial charge < -0.3 is 10.6 Å². The molecule has 0 saturated carbocycles. The summed E-state index contributed by atoms with van der Waals surface area (Å²) in [6, 6.07) is 5.55. The fourth-order valence-electron chi connectivity index (χ4n) is 1.39. The van der Waals surface area contributed by atoms with Crippen LogP contribution in [0.15, 0.2) is 22.7 Å². The molecule has 1 rings (SSSR count). The first-order chi connectivity index (χ1) is 8.38. The lowest BCUT2D eigenvalue weighted by Gasteiger charge is -2.09. The van der Waals surface area contributed by atoms with E-state index in [1.54, 1.807) is 6.07 Å². The highest BCUT2D eigenvalue weighted by Gasteiger charge is 2.10. The summed E-state index contributed by atoms with van der Waals surface area (Å²) >= 11 is 3.39. The van der Waals surface area contributed by atoms with Crippen molar-refractivity contribution in [2.24, 2.45) is 0 Å². The molecule has 0 radical (unpaired) electrons. The van der Waals surface area contributed by atoms with Gasteiger partial charge in [0.05, 0.1) is 0 Å². The monoisotopic (exact) mass is 312 g/mol. The molecule has 0 bridgehead atoms. The minimum absolute atomic E-state index is 0.0406. The number of rotatable bonds is 4. The van der Waals surface area contributed by atoms with E-state index >= 15 is 0 Å². The van der Waals surface area contributed by atoms with Gasteiger partial charge in [-0.15, -0.1) is 0 Å². The van der Waals surface area contributed by atoms with Crippen LogP contribution < -0.4 is 10.6 Å². The van der Waals surface area contributed by atoms with Crippen molar-refractivity contribution < 1.29 is 9.59 Å². The van der Waals surface area contributed by atoms with Crippen LogP contribution in [0, 0.1) is 6.92 Å². The normalized spacial score (nSPS) is 10.3. The van der Waals surface area contributed by atoms with Gasteiger partial charge in [-0.1, -0.05) is 22.0 Å². The number of hydrogen-bond acceptors (Lipinski definition) is 2. The third-order valence-electron chi connectivity index (χ3n) is 2.23. The molecule has 98 valence electrons. The molecule has 0 fully saturated rings. The molecule has 1 aromatic rings. The molecule has 2 amide bonds. The quantitative estimate of drug-likeness (QED) is 0.840. The maximum absolute atomic E-state index is 11.6. The number of amides is 2. The Kier molecular flexibility index (Phi) is 5.34. The molecular weight excluding hydrogens is 296 g/mol. The van der Waals surface area contributed by atoms with Crippen molar-refractivity contribution in [2.45, 2.75) is 33.2 Å². The molecule has 2 N–H and O–H groups in total. The van der Waals surface area contributed by atoms with Gasteiger partial charge in [-0.25, -0.2) is 0 Å². The summed E-state index contributed by atoms with van der Waals surface area (Å²) in [5.41, 5.74) is 1.76. The van der Waals surface area contributed by atoms with Crippen LogP contribution >= 0.6 is 15.9 Å². The average molecular weight is 313 g/mol. The fraction of sp³-hybridized carbons (Fsp3) is 0.385. The minimum atomic E-state index is -0.316. The molecule has 1 aromatic carbocycles. The van der Waals surface area contributed by atoms with Crippen molar-refractivity contribution in [1.29, 1.82) is 0 Å². The van der Waals surface area contributed by atoms with Crippen LogP contribution in [-0.4, -0.2) is 17.9 Å². The van der Waals surface area contributed by atoms with Crippen molar-refractivity contribution in [3.05, 3.63) is 28.2 Å². The second kappa shape index (κ2) is 6.54. The minimum Gasteiger partial charge on any atom is -0.353 e. The number of aryl methyl sites for hydroxylation is 1. The summed E-state index contributed by atoms with van der Waals surface area (Å²) < 4.78 is 0.923. The van der Waals surface area contributed by atoms with E-state index in [4.69, 9.17) is 0 Å². The first kappa shape index (κ1) is 14.7. The Balaban J connectivity index is 2.54. The van der Waals surface area contributed by atoms with E-state index in [1.165, 1.54) is 0 Å². The number of hydrogen-bond donors (Lipinski definition) is 2. The largest absolute Gasteiger partial charge is 0.353 e. The molecule has 0 spiro atoms. The third-order valence-corrected chi connectivity index (χ3v) is 3.08. The molecule has 5 heteroatoms. The molecule has 0 aromatic heterocycles. The Morgan fingerprint density at radius 3 is 2.50 bits per heavy atom. The maximum atomic E-state index is 11.6. The summed E-state index contributed by atoms with van der Waals surface area (Å²) in [5.74, 6) is -0.586. The summed E-state index contributed by atoms with van der Waals surface area (Å²) in [5, 5.41) is 5.36. The second-order valence-corrected chi connectivity index (χ2v) is 5.27. The Morgan fingerprint density at radius 1 is 1.28 bits per heavy atom. The second-order valence-electron chi connectivity index (χ2n) is 4.41. The van der Waals surface area contributed by atoms with Crippen molar-refractivity contribution in [3.63, 3.8) is 0 Å². The lowest BCUT2D eigenvalue weighted by atomic mass is 10.2. The lowest BCUT2D eigenvalue weighted by Crippen LogP contribution is -2.33. The molecule has 0 heterocycles. The van der Waals surface area contributed by atoms with E-state index in [1.807, 2.05) is 32.9 Å². The maximum Gasteiger partial charge on any atom is 0.233 e. The molecule has 18 heavy (non-hydrogen) atoms. The molecular formula is C13H17BrN2O2. The molecule has 4 nitrogen and oxygen atoms in total. The highest BCUT2D eigenvalue weighted by Crippen LogP contribution is 2.20. The molecule has 0 aliphatic rings. The Labute approximate surface area is 115 Å². The van der Waals surface area contributed by atoms with E-state index in [0.717, 1.165) is 10.0 Å². The van der Waals surface area contributed by atoms with E-state index in [-0.39, 0.29) is 24.3 Å². The zero-order chi connectivity index (χ0) is 13.7. The Bertz CT molecular complexity index is 458. The summed E-state index contributed by atoms with van der Waals surface area (Å²) in [6.07, 6.45) is -0.163. The van der Waals surface area contributed by atoms with Crippen LogP contribution in [0.4, 0.5) is 5.69 Å². The smallest absolute Gasteiger partial charge is 0.233 e. The van der Waals surface area contributed by atoms with E-state index in [0.29, 0.717) is 5.69 Å². The first-order valence-corrected chi connectivity index (χ1v) is 6.53. The van der Waals surface area contributed by atoms with Gasteiger partial charge in [-0.2, -0.15) is 0 Å². The van der Waals surface area contributed by atoms with E-state index in [2.05, 4.69) is 26.6 Å². The number of anilines is 1. The van der Waals surface area contributed by atoms with E-state index < -0.39 is 0 Å². The van der Waals surface area contributed by atoms with Gasteiger partial charge in [-0.3, -0.25) is 9.59 Å². The van der Waals surface area contributed by atoms with Crippen LogP contribution in [0.3, 0.4) is 0 Å². The van der Waals surface area contributed by atoms with Crippen LogP contribution in [0.2, 0.25) is 0 Å². The zero-order valence-electron chi connectivity index (χ0n) is 10.7. The van der Waals surface area contributed by atoms with E-state index in [9.17, 15) is 9.59 Å². The summed E-state index contributed by atoms with van der Waals surface area (Å²) in [6.45, 7) is 5.67. The molecule has 0 saturated heterocycles. The lowest BCUT2D eigenvalue weighted by molar-refractivity contribution is -0.127. The van der Waals surface area contributed by atoms with Gasteiger partial charge in [-0.05, 0) is 38.5 Å². The van der Waals surface area contributed by atoms with Gasteiger partial charge >= 0.3 is 0 Å².